The van der Waals surface area contributed by atoms with E-state index in [-0.39, 0.29) is 18.9 Å². The third kappa shape index (κ3) is 9.71. The smallest absolute Gasteiger partial charge is 0.410 e. The Bertz CT molecular complexity index is 744. The lowest BCUT2D eigenvalue weighted by Gasteiger charge is -2.27. The number of hydrogen-bond donors (Lipinski definition) is 3. The molecular formula is C22H32N2O7. The van der Waals surface area contributed by atoms with Crippen molar-refractivity contribution in [2.24, 2.45) is 5.41 Å². The van der Waals surface area contributed by atoms with E-state index >= 15 is 0 Å². The number of hydrogen-bond acceptors (Lipinski definition) is 8. The van der Waals surface area contributed by atoms with Crippen LogP contribution < -0.4 is 5.32 Å². The molecular weight excluding hydrogens is 404 g/mol. The molecule has 0 spiro atoms. The predicted octanol–water partition coefficient (Wildman–Crippen LogP) is 3.11. The zero-order valence-corrected chi connectivity index (χ0v) is 18.6. The fraction of sp³-hybridized carbons (Fsp3) is 0.545. The number of amides is 1. The molecule has 3 N–H and O–H groups in total. The normalized spacial score (nSPS) is 14.3. The Morgan fingerprint density at radius 3 is 2.26 bits per heavy atom. The highest BCUT2D eigenvalue weighted by Gasteiger charge is 2.31. The molecule has 3 atom stereocenters. The number of nitrogens with one attached hydrogen (secondary N) is 2. The molecule has 1 aromatic rings. The van der Waals surface area contributed by atoms with Crippen LogP contribution in [0, 0.1) is 10.8 Å². The fourth-order valence-electron chi connectivity index (χ4n) is 2.36. The number of aliphatic hydroxyl groups excluding tert-OH is 1. The zero-order chi connectivity index (χ0) is 23.6. The molecule has 1 amide bonds. The molecule has 2 unspecified atom stereocenters. The van der Waals surface area contributed by atoms with Crippen molar-refractivity contribution in [3.8, 4) is 0 Å². The van der Waals surface area contributed by atoms with Gasteiger partial charge in [0.25, 0.3) is 6.29 Å². The quantitative estimate of drug-likeness (QED) is 0.275. The molecule has 0 saturated heterocycles. The summed E-state index contributed by atoms with van der Waals surface area (Å²) in [4.78, 5) is 36.3. The Morgan fingerprint density at radius 2 is 1.74 bits per heavy atom. The topological polar surface area (TPSA) is 135 Å². The Morgan fingerprint density at radius 1 is 1.13 bits per heavy atom. The van der Waals surface area contributed by atoms with Gasteiger partial charge in [0.15, 0.2) is 12.1 Å². The van der Waals surface area contributed by atoms with Gasteiger partial charge in [0.1, 0.15) is 0 Å². The van der Waals surface area contributed by atoms with Gasteiger partial charge in [0.2, 0.25) is 0 Å². The number of carbonyl (C=O) groups excluding carboxylic acids is 3. The first-order valence-electron chi connectivity index (χ1n) is 10.0. The van der Waals surface area contributed by atoms with Gasteiger partial charge in [0.05, 0.1) is 23.8 Å². The highest BCUT2D eigenvalue weighted by atomic mass is 16.7. The minimum Gasteiger partial charge on any atom is -0.420 e. The highest BCUT2D eigenvalue weighted by molar-refractivity contribution is 6.26. The molecule has 0 saturated carbocycles. The number of aliphatic hydroxyl groups is 1. The molecule has 0 heterocycles. The molecule has 0 aliphatic carbocycles. The molecule has 0 bridgehead atoms. The summed E-state index contributed by atoms with van der Waals surface area (Å²) in [6.45, 7) is 8.44. The summed E-state index contributed by atoms with van der Waals surface area (Å²) >= 11 is 0. The first-order valence-corrected chi connectivity index (χ1v) is 10.0. The second-order valence-corrected chi connectivity index (χ2v) is 8.28. The van der Waals surface area contributed by atoms with Crippen LogP contribution in [0.25, 0.3) is 0 Å². The van der Waals surface area contributed by atoms with E-state index in [4.69, 9.17) is 19.6 Å². The molecule has 1 rings (SSSR count). The van der Waals surface area contributed by atoms with Gasteiger partial charge in [0, 0.05) is 12.0 Å². The van der Waals surface area contributed by atoms with Gasteiger partial charge in [-0.2, -0.15) is 0 Å². The Balaban J connectivity index is 2.95. The van der Waals surface area contributed by atoms with Crippen molar-refractivity contribution in [3.63, 3.8) is 0 Å². The second-order valence-electron chi connectivity index (χ2n) is 8.28. The van der Waals surface area contributed by atoms with Crippen LogP contribution in [0.2, 0.25) is 0 Å². The lowest BCUT2D eigenvalue weighted by atomic mass is 9.97. The molecule has 0 aliphatic heterocycles. The SMILES string of the molecule is CC(C)OC(O)[C@H](CCC(=O)C=N)NC(=O)OC(OC(=O)C(C)(C)C)c1ccccc1. The Labute approximate surface area is 182 Å². The number of ether oxygens (including phenoxy) is 3. The molecule has 0 aromatic heterocycles. The van der Waals surface area contributed by atoms with Crippen molar-refractivity contribution in [1.82, 2.24) is 5.32 Å². The van der Waals surface area contributed by atoms with Crippen molar-refractivity contribution in [2.75, 3.05) is 0 Å². The Hall–Kier alpha value is -2.78. The molecule has 0 aliphatic rings. The summed E-state index contributed by atoms with van der Waals surface area (Å²) < 4.78 is 16.0. The standard InChI is InChI=1S/C22H32N2O7/c1-14(2)29-18(26)17(12-11-16(25)13-23)24-21(28)31-19(15-9-7-6-8-10-15)30-20(27)22(3,4)5/h6-10,13-14,17-19,23,26H,11-12H2,1-5H3,(H,24,28)/t17-,18?,19?/m0/s1. The van der Waals surface area contributed by atoms with E-state index < -0.39 is 41.9 Å². The third-order valence-electron chi connectivity index (χ3n) is 4.03. The van der Waals surface area contributed by atoms with Crippen molar-refractivity contribution in [1.29, 1.82) is 5.41 Å². The van der Waals surface area contributed by atoms with Gasteiger partial charge >= 0.3 is 12.1 Å². The van der Waals surface area contributed by atoms with Crippen LogP contribution in [0.4, 0.5) is 4.79 Å². The van der Waals surface area contributed by atoms with Crippen molar-refractivity contribution >= 4 is 24.1 Å². The minimum absolute atomic E-state index is 0.0228. The Kier molecular flexibility index (Phi) is 10.3. The first-order chi connectivity index (χ1) is 14.4. The van der Waals surface area contributed by atoms with E-state index in [1.54, 1.807) is 65.0 Å². The van der Waals surface area contributed by atoms with E-state index in [9.17, 15) is 19.5 Å². The lowest BCUT2D eigenvalue weighted by molar-refractivity contribution is -0.180. The summed E-state index contributed by atoms with van der Waals surface area (Å²) in [5.41, 5.74) is -0.367. The number of Topliss-reactive ketones (excluding diaryl/α,β-unsaturated/α-hetero) is 1. The summed E-state index contributed by atoms with van der Waals surface area (Å²) in [5.74, 6) is -1.02. The van der Waals surface area contributed by atoms with Crippen LogP contribution in [-0.4, -0.2) is 47.6 Å². The second kappa shape index (κ2) is 12.2. The average molecular weight is 437 g/mol. The van der Waals surface area contributed by atoms with Crippen molar-refractivity contribution in [2.45, 2.75) is 72.2 Å². The molecule has 172 valence electrons. The molecule has 0 radical (unpaired) electrons. The number of alkyl carbamates (subject to hydrolysis) is 1. The zero-order valence-electron chi connectivity index (χ0n) is 18.6. The largest absolute Gasteiger partial charge is 0.420 e. The summed E-state index contributed by atoms with van der Waals surface area (Å²) in [6, 6.07) is 7.49. The third-order valence-corrected chi connectivity index (χ3v) is 4.03. The summed E-state index contributed by atoms with van der Waals surface area (Å²) in [5, 5.41) is 19.7. The maximum absolute atomic E-state index is 12.6. The fourth-order valence-corrected chi connectivity index (χ4v) is 2.36. The van der Waals surface area contributed by atoms with Gasteiger partial charge < -0.3 is 30.0 Å². The molecule has 31 heavy (non-hydrogen) atoms. The molecule has 0 fully saturated rings. The van der Waals surface area contributed by atoms with Crippen LogP contribution in [-0.2, 0) is 23.8 Å². The first kappa shape index (κ1) is 26.3. The van der Waals surface area contributed by atoms with Crippen LogP contribution >= 0.6 is 0 Å². The van der Waals surface area contributed by atoms with E-state index in [0.717, 1.165) is 0 Å². The number of esters is 1. The number of benzene rings is 1. The van der Waals surface area contributed by atoms with Gasteiger partial charge in [-0.3, -0.25) is 9.59 Å². The van der Waals surface area contributed by atoms with E-state index in [0.29, 0.717) is 11.8 Å². The van der Waals surface area contributed by atoms with Crippen molar-refractivity contribution in [3.05, 3.63) is 35.9 Å². The van der Waals surface area contributed by atoms with E-state index in [2.05, 4.69) is 5.32 Å². The minimum atomic E-state index is -1.40. The average Bonchev–Trinajstić information content (AvgIpc) is 2.69. The highest BCUT2D eigenvalue weighted by Crippen LogP contribution is 2.25. The van der Waals surface area contributed by atoms with Gasteiger partial charge in [-0.15, -0.1) is 0 Å². The maximum atomic E-state index is 12.6. The van der Waals surface area contributed by atoms with Gasteiger partial charge in [-0.1, -0.05) is 30.3 Å². The number of ketones is 1. The van der Waals surface area contributed by atoms with Crippen molar-refractivity contribution < 1.29 is 33.7 Å². The van der Waals surface area contributed by atoms with Crippen LogP contribution in [0.1, 0.15) is 59.3 Å². The van der Waals surface area contributed by atoms with Crippen LogP contribution in [0.5, 0.6) is 0 Å². The molecule has 9 heteroatoms. The predicted molar refractivity (Wildman–Crippen MR) is 113 cm³/mol. The van der Waals surface area contributed by atoms with E-state index in [1.807, 2.05) is 0 Å². The number of carbonyl (C=O) groups is 3. The maximum Gasteiger partial charge on any atom is 0.410 e. The molecule has 9 nitrogen and oxygen atoms in total. The van der Waals surface area contributed by atoms with Crippen LogP contribution in [0.3, 0.4) is 0 Å². The number of rotatable bonds is 11. The lowest BCUT2D eigenvalue weighted by Crippen LogP contribution is -2.46. The molecule has 1 aromatic carbocycles. The van der Waals surface area contributed by atoms with Gasteiger partial charge in [-0.05, 0) is 41.0 Å². The van der Waals surface area contributed by atoms with Gasteiger partial charge in [-0.25, -0.2) is 4.79 Å². The van der Waals surface area contributed by atoms with Crippen LogP contribution in [0.15, 0.2) is 30.3 Å². The monoisotopic (exact) mass is 436 g/mol. The summed E-state index contributed by atoms with van der Waals surface area (Å²) in [6.07, 6.45) is -3.39. The van der Waals surface area contributed by atoms with E-state index in [1.165, 1.54) is 0 Å². The summed E-state index contributed by atoms with van der Waals surface area (Å²) in [7, 11) is 0.